The molecule has 0 bridgehead atoms. The van der Waals surface area contributed by atoms with Crippen LogP contribution in [0.4, 0.5) is 9.18 Å². The lowest BCUT2D eigenvalue weighted by atomic mass is 10.0. The van der Waals surface area contributed by atoms with Gasteiger partial charge in [0.2, 0.25) is 0 Å². The van der Waals surface area contributed by atoms with E-state index in [0.717, 1.165) is 27.8 Å². The third-order valence-electron chi connectivity index (χ3n) is 3.93. The van der Waals surface area contributed by atoms with Crippen LogP contribution in [-0.2, 0) is 6.42 Å². The number of nitrogens with one attached hydrogen (secondary N) is 2. The maximum absolute atomic E-state index is 12.9. The summed E-state index contributed by atoms with van der Waals surface area (Å²) in [6.07, 6.45) is 1.39. The zero-order valence-electron chi connectivity index (χ0n) is 13.0. The van der Waals surface area contributed by atoms with E-state index in [1.807, 2.05) is 18.2 Å². The van der Waals surface area contributed by atoms with E-state index in [0.29, 0.717) is 19.6 Å². The molecule has 2 aromatic carbocycles. The molecule has 4 nitrogen and oxygen atoms in total. The average molecular weight is 393 g/mol. The number of hydrogen-bond acceptors (Lipinski definition) is 2. The van der Waals surface area contributed by atoms with Crippen molar-refractivity contribution in [1.82, 2.24) is 10.6 Å². The predicted molar refractivity (Wildman–Crippen MR) is 93.6 cm³/mol. The van der Waals surface area contributed by atoms with Crippen molar-refractivity contribution >= 4 is 22.0 Å². The molecule has 1 aliphatic heterocycles. The van der Waals surface area contributed by atoms with E-state index in [2.05, 4.69) is 26.6 Å². The van der Waals surface area contributed by atoms with Gasteiger partial charge >= 0.3 is 6.03 Å². The van der Waals surface area contributed by atoms with Gasteiger partial charge in [0.05, 0.1) is 12.6 Å². The van der Waals surface area contributed by atoms with Crippen LogP contribution < -0.4 is 15.4 Å². The zero-order chi connectivity index (χ0) is 16.9. The summed E-state index contributed by atoms with van der Waals surface area (Å²) in [5.74, 6) is 0.551. The lowest BCUT2D eigenvalue weighted by Gasteiger charge is -2.27. The van der Waals surface area contributed by atoms with E-state index >= 15 is 0 Å². The summed E-state index contributed by atoms with van der Waals surface area (Å²) >= 11 is 3.45. The van der Waals surface area contributed by atoms with Crippen LogP contribution in [0.3, 0.4) is 0 Å². The molecule has 0 saturated heterocycles. The molecule has 1 unspecified atom stereocenters. The van der Waals surface area contributed by atoms with Crippen LogP contribution in [0.2, 0.25) is 0 Å². The van der Waals surface area contributed by atoms with Gasteiger partial charge in [-0.3, -0.25) is 0 Å². The van der Waals surface area contributed by atoms with Crippen molar-refractivity contribution in [2.24, 2.45) is 0 Å². The first-order chi connectivity index (χ1) is 11.6. The van der Waals surface area contributed by atoms with E-state index < -0.39 is 0 Å². The van der Waals surface area contributed by atoms with Gasteiger partial charge in [-0.2, -0.15) is 0 Å². The Hall–Kier alpha value is -2.08. The van der Waals surface area contributed by atoms with Crippen molar-refractivity contribution in [3.8, 4) is 5.75 Å². The zero-order valence-corrected chi connectivity index (χ0v) is 14.6. The molecule has 1 heterocycles. The van der Waals surface area contributed by atoms with Crippen molar-refractivity contribution in [3.63, 3.8) is 0 Å². The number of hydrogen-bond donors (Lipinski definition) is 2. The van der Waals surface area contributed by atoms with Gasteiger partial charge in [-0.05, 0) is 42.3 Å². The number of ether oxygens (including phenoxy) is 1. The van der Waals surface area contributed by atoms with Gasteiger partial charge in [0, 0.05) is 23.0 Å². The summed E-state index contributed by atoms with van der Waals surface area (Å²) in [7, 11) is 0. The summed E-state index contributed by atoms with van der Waals surface area (Å²) in [6, 6.07) is 11.8. The molecule has 2 aromatic rings. The molecule has 0 saturated carbocycles. The summed E-state index contributed by atoms with van der Waals surface area (Å²) < 4.78 is 19.4. The fraction of sp³-hybridized carbons (Fsp3) is 0.278. The SMILES string of the molecule is O=C(NCCc1ccc(F)cc1)NC1CCOc2ccc(Br)cc21. The minimum atomic E-state index is -0.256. The van der Waals surface area contributed by atoms with Crippen LogP contribution in [0, 0.1) is 5.82 Å². The average Bonchev–Trinajstić information content (AvgIpc) is 2.57. The molecule has 0 aliphatic carbocycles. The second kappa shape index (κ2) is 7.66. The van der Waals surface area contributed by atoms with E-state index in [9.17, 15) is 9.18 Å². The summed E-state index contributed by atoms with van der Waals surface area (Å²) in [5, 5.41) is 5.83. The van der Waals surface area contributed by atoms with E-state index in [1.54, 1.807) is 12.1 Å². The largest absolute Gasteiger partial charge is 0.493 e. The Morgan fingerprint density at radius 3 is 2.83 bits per heavy atom. The molecule has 0 radical (unpaired) electrons. The second-order valence-corrected chi connectivity index (χ2v) is 6.56. The van der Waals surface area contributed by atoms with Crippen LogP contribution >= 0.6 is 15.9 Å². The third kappa shape index (κ3) is 4.26. The van der Waals surface area contributed by atoms with Crippen molar-refractivity contribution in [3.05, 3.63) is 63.9 Å². The normalized spacial score (nSPS) is 16.0. The number of fused-ring (bicyclic) bond motifs is 1. The van der Waals surface area contributed by atoms with Gasteiger partial charge in [-0.25, -0.2) is 9.18 Å². The minimum Gasteiger partial charge on any atom is -0.493 e. The molecule has 3 rings (SSSR count). The summed E-state index contributed by atoms with van der Waals surface area (Å²) in [4.78, 5) is 12.1. The first kappa shape index (κ1) is 16.8. The molecule has 1 atom stereocenters. The molecule has 126 valence electrons. The summed E-state index contributed by atoms with van der Waals surface area (Å²) in [5.41, 5.74) is 1.96. The molecule has 6 heteroatoms. The van der Waals surface area contributed by atoms with Crippen LogP contribution in [-0.4, -0.2) is 19.2 Å². The number of halogens is 2. The maximum Gasteiger partial charge on any atom is 0.315 e. The van der Waals surface area contributed by atoms with Crippen molar-refractivity contribution in [2.75, 3.05) is 13.2 Å². The Morgan fingerprint density at radius 2 is 2.04 bits per heavy atom. The molecule has 24 heavy (non-hydrogen) atoms. The standard InChI is InChI=1S/C18H18BrFN2O2/c19-13-3-6-17-15(11-13)16(8-10-24-17)22-18(23)21-9-7-12-1-4-14(20)5-2-12/h1-6,11,16H,7-10H2,(H2,21,22,23). The minimum absolute atomic E-state index is 0.0722. The number of benzene rings is 2. The first-order valence-electron chi connectivity index (χ1n) is 7.83. The highest BCUT2D eigenvalue weighted by Gasteiger charge is 2.23. The maximum atomic E-state index is 12.9. The predicted octanol–water partition coefficient (Wildman–Crippen LogP) is 3.95. The van der Waals surface area contributed by atoms with E-state index in [-0.39, 0.29) is 17.9 Å². The number of rotatable bonds is 4. The highest BCUT2D eigenvalue weighted by molar-refractivity contribution is 9.10. The van der Waals surface area contributed by atoms with Gasteiger partial charge in [0.15, 0.2) is 0 Å². The molecule has 0 aromatic heterocycles. The first-order valence-corrected chi connectivity index (χ1v) is 8.62. The Balaban J connectivity index is 1.52. The van der Waals surface area contributed by atoms with Gasteiger partial charge in [0.1, 0.15) is 11.6 Å². The Bertz CT molecular complexity index is 721. The Kier molecular flexibility index (Phi) is 5.35. The Morgan fingerprint density at radius 1 is 1.25 bits per heavy atom. The molecular formula is C18H18BrFN2O2. The Labute approximate surface area is 148 Å². The molecule has 0 spiro atoms. The fourth-order valence-corrected chi connectivity index (χ4v) is 3.07. The highest BCUT2D eigenvalue weighted by atomic mass is 79.9. The van der Waals surface area contributed by atoms with Crippen LogP contribution in [0.1, 0.15) is 23.6 Å². The van der Waals surface area contributed by atoms with Crippen LogP contribution in [0.5, 0.6) is 5.75 Å². The van der Waals surface area contributed by atoms with E-state index in [4.69, 9.17) is 4.74 Å². The van der Waals surface area contributed by atoms with Crippen LogP contribution in [0.25, 0.3) is 0 Å². The van der Waals surface area contributed by atoms with Gasteiger partial charge in [-0.1, -0.05) is 28.1 Å². The lowest BCUT2D eigenvalue weighted by molar-refractivity contribution is 0.223. The van der Waals surface area contributed by atoms with Gasteiger partial charge < -0.3 is 15.4 Å². The lowest BCUT2D eigenvalue weighted by Crippen LogP contribution is -2.40. The van der Waals surface area contributed by atoms with Gasteiger partial charge in [-0.15, -0.1) is 0 Å². The molecule has 2 amide bonds. The second-order valence-electron chi connectivity index (χ2n) is 5.65. The molecule has 1 aliphatic rings. The molecular weight excluding hydrogens is 375 g/mol. The number of amides is 2. The smallest absolute Gasteiger partial charge is 0.315 e. The van der Waals surface area contributed by atoms with Crippen LogP contribution in [0.15, 0.2) is 46.9 Å². The quantitative estimate of drug-likeness (QED) is 0.827. The third-order valence-corrected chi connectivity index (χ3v) is 4.42. The van der Waals surface area contributed by atoms with Crippen molar-refractivity contribution in [2.45, 2.75) is 18.9 Å². The number of urea groups is 1. The topological polar surface area (TPSA) is 50.4 Å². The molecule has 2 N–H and O–H groups in total. The van der Waals surface area contributed by atoms with Crippen molar-refractivity contribution < 1.29 is 13.9 Å². The number of carbonyl (C=O) groups excluding carboxylic acids is 1. The monoisotopic (exact) mass is 392 g/mol. The number of carbonyl (C=O) groups is 1. The van der Waals surface area contributed by atoms with Gasteiger partial charge in [0.25, 0.3) is 0 Å². The molecule has 0 fully saturated rings. The highest BCUT2D eigenvalue weighted by Crippen LogP contribution is 2.33. The van der Waals surface area contributed by atoms with E-state index in [1.165, 1.54) is 12.1 Å². The van der Waals surface area contributed by atoms with Crippen molar-refractivity contribution in [1.29, 1.82) is 0 Å². The summed E-state index contributed by atoms with van der Waals surface area (Å²) in [6.45, 7) is 1.07. The fourth-order valence-electron chi connectivity index (χ4n) is 2.70.